The van der Waals surface area contributed by atoms with Crippen molar-refractivity contribution in [3.8, 4) is 0 Å². The highest BCUT2D eigenvalue weighted by atomic mass is 19.1. The van der Waals surface area contributed by atoms with Gasteiger partial charge in [-0.2, -0.15) is 9.67 Å². The van der Waals surface area contributed by atoms with Crippen molar-refractivity contribution in [1.29, 1.82) is 0 Å². The predicted molar refractivity (Wildman–Crippen MR) is 118 cm³/mol. The number of hydrogen-bond acceptors (Lipinski definition) is 5. The molecule has 6 nitrogen and oxygen atoms in total. The molecule has 1 heterocycles. The van der Waals surface area contributed by atoms with E-state index in [1.807, 2.05) is 19.1 Å². The lowest BCUT2D eigenvalue weighted by molar-refractivity contribution is 0.0947. The number of hydrogen-bond donors (Lipinski definition) is 2. The van der Waals surface area contributed by atoms with Gasteiger partial charge in [-0.25, -0.2) is 8.78 Å². The van der Waals surface area contributed by atoms with Gasteiger partial charge in [0, 0.05) is 18.7 Å². The Kier molecular flexibility index (Phi) is 6.21. The summed E-state index contributed by atoms with van der Waals surface area (Å²) in [7, 11) is 0. The van der Waals surface area contributed by atoms with Crippen molar-refractivity contribution in [2.24, 2.45) is 0 Å². The second-order valence-corrected chi connectivity index (χ2v) is 7.30. The Balaban J connectivity index is 1.56. The lowest BCUT2D eigenvalue weighted by Gasteiger charge is -2.07. The van der Waals surface area contributed by atoms with E-state index in [1.54, 1.807) is 36.4 Å². The van der Waals surface area contributed by atoms with E-state index in [-0.39, 0.29) is 29.4 Å². The van der Waals surface area contributed by atoms with E-state index in [4.69, 9.17) is 0 Å². The van der Waals surface area contributed by atoms with Crippen LogP contribution in [0.25, 0.3) is 0 Å². The first kappa shape index (κ1) is 21.2. The summed E-state index contributed by atoms with van der Waals surface area (Å²) in [6.45, 7) is 2.63. The second kappa shape index (κ2) is 9.38. The molecule has 0 radical (unpaired) electrons. The molecule has 0 spiro atoms. The topological polar surface area (TPSA) is 71.8 Å². The van der Waals surface area contributed by atoms with Gasteiger partial charge in [0.1, 0.15) is 11.6 Å². The van der Waals surface area contributed by atoms with Crippen LogP contribution in [-0.2, 0) is 13.1 Å². The molecule has 0 aliphatic heterocycles. The summed E-state index contributed by atoms with van der Waals surface area (Å²) in [5.41, 5.74) is 3.17. The van der Waals surface area contributed by atoms with Crippen LogP contribution in [0.15, 0.2) is 72.8 Å². The van der Waals surface area contributed by atoms with Crippen molar-refractivity contribution in [2.45, 2.75) is 20.0 Å². The molecule has 2 N–H and O–H groups in total. The van der Waals surface area contributed by atoms with Crippen LogP contribution < -0.4 is 10.6 Å². The minimum absolute atomic E-state index is 0.247. The Morgan fingerprint density at radius 3 is 1.91 bits per heavy atom. The number of benzene rings is 3. The number of anilines is 2. The lowest BCUT2D eigenvalue weighted by atomic mass is 10.1. The molecule has 0 aliphatic carbocycles. The monoisotopic (exact) mass is 433 g/mol. The highest BCUT2D eigenvalue weighted by molar-refractivity contribution is 5.97. The summed E-state index contributed by atoms with van der Waals surface area (Å²) in [6, 6.07) is 19.3. The average Bonchev–Trinajstić information content (AvgIpc) is 3.21. The van der Waals surface area contributed by atoms with Crippen molar-refractivity contribution in [3.05, 3.63) is 107 Å². The van der Waals surface area contributed by atoms with Gasteiger partial charge in [-0.1, -0.05) is 42.0 Å². The largest absolute Gasteiger partial charge is 0.350 e. The molecule has 0 saturated carbocycles. The van der Waals surface area contributed by atoms with E-state index in [0.29, 0.717) is 18.7 Å². The van der Waals surface area contributed by atoms with E-state index in [1.165, 1.54) is 28.9 Å². The van der Waals surface area contributed by atoms with Crippen LogP contribution in [0.2, 0.25) is 0 Å². The third kappa shape index (κ3) is 5.15. The molecule has 0 bridgehead atoms. The number of nitrogens with one attached hydrogen (secondary N) is 2. The molecule has 0 saturated heterocycles. The van der Waals surface area contributed by atoms with Crippen LogP contribution in [0.3, 0.4) is 0 Å². The average molecular weight is 433 g/mol. The van der Waals surface area contributed by atoms with Crippen LogP contribution in [0.5, 0.6) is 0 Å². The molecular weight excluding hydrogens is 412 g/mol. The van der Waals surface area contributed by atoms with Gasteiger partial charge in [0.25, 0.3) is 5.91 Å². The quantitative estimate of drug-likeness (QED) is 0.439. The van der Waals surface area contributed by atoms with Crippen molar-refractivity contribution in [2.75, 3.05) is 10.6 Å². The summed E-state index contributed by atoms with van der Waals surface area (Å²) >= 11 is 0. The highest BCUT2D eigenvalue weighted by Gasteiger charge is 2.18. The summed E-state index contributed by atoms with van der Waals surface area (Å²) in [5, 5.41) is 10.5. The van der Waals surface area contributed by atoms with Gasteiger partial charge >= 0.3 is 0 Å². The fourth-order valence-electron chi connectivity index (χ4n) is 3.03. The zero-order valence-electron chi connectivity index (χ0n) is 17.3. The van der Waals surface area contributed by atoms with Gasteiger partial charge in [-0.05, 0) is 54.4 Å². The highest BCUT2D eigenvalue weighted by Crippen LogP contribution is 2.16. The molecule has 1 aromatic heterocycles. The molecule has 4 rings (SSSR count). The maximum atomic E-state index is 13.2. The number of halogens is 2. The van der Waals surface area contributed by atoms with Crippen LogP contribution in [-0.4, -0.2) is 20.7 Å². The lowest BCUT2D eigenvalue weighted by Crippen LogP contribution is -2.17. The van der Waals surface area contributed by atoms with Gasteiger partial charge in [-0.15, -0.1) is 5.10 Å². The standard InChI is InChI=1S/C24H21F2N5O/c1-16-2-8-19(9-3-16)22(32)31-24(28-15-18-6-12-21(26)13-7-18)29-23(30-31)27-14-17-4-10-20(25)11-5-17/h2-13H,14-15H2,1H3,(H2,27,28,29,30). The Morgan fingerprint density at radius 2 is 1.34 bits per heavy atom. The number of aromatic nitrogens is 3. The SMILES string of the molecule is Cc1ccc(C(=O)n2nc(NCc3ccc(F)cc3)nc2NCc2ccc(F)cc2)cc1. The first-order valence-electron chi connectivity index (χ1n) is 10.0. The van der Waals surface area contributed by atoms with Crippen LogP contribution in [0.1, 0.15) is 27.0 Å². The molecule has 0 atom stereocenters. The smallest absolute Gasteiger partial charge is 0.281 e. The molecule has 3 aromatic carbocycles. The van der Waals surface area contributed by atoms with Crippen molar-refractivity contribution < 1.29 is 13.6 Å². The minimum atomic E-state index is -0.339. The zero-order valence-corrected chi connectivity index (χ0v) is 17.3. The third-order valence-corrected chi connectivity index (χ3v) is 4.83. The molecule has 4 aromatic rings. The van der Waals surface area contributed by atoms with Gasteiger partial charge in [0.2, 0.25) is 11.9 Å². The minimum Gasteiger partial charge on any atom is -0.350 e. The number of carbonyl (C=O) groups excluding carboxylic acids is 1. The molecule has 0 amide bonds. The van der Waals surface area contributed by atoms with Gasteiger partial charge in [-0.3, -0.25) is 4.79 Å². The zero-order chi connectivity index (χ0) is 22.5. The van der Waals surface area contributed by atoms with E-state index in [0.717, 1.165) is 16.7 Å². The molecule has 0 unspecified atom stereocenters. The Bertz CT molecular complexity index is 1200. The predicted octanol–water partition coefficient (Wildman–Crippen LogP) is 4.78. The van der Waals surface area contributed by atoms with Gasteiger partial charge < -0.3 is 10.6 Å². The third-order valence-electron chi connectivity index (χ3n) is 4.83. The van der Waals surface area contributed by atoms with Gasteiger partial charge in [0.15, 0.2) is 0 Å². The first-order chi connectivity index (χ1) is 15.5. The molecule has 8 heteroatoms. The molecule has 32 heavy (non-hydrogen) atoms. The second-order valence-electron chi connectivity index (χ2n) is 7.30. The summed E-state index contributed by atoms with van der Waals surface area (Å²) in [4.78, 5) is 17.5. The maximum Gasteiger partial charge on any atom is 0.281 e. The summed E-state index contributed by atoms with van der Waals surface area (Å²) in [6.07, 6.45) is 0. The number of carbonyl (C=O) groups is 1. The van der Waals surface area contributed by atoms with Gasteiger partial charge in [0.05, 0.1) is 0 Å². The Morgan fingerprint density at radius 1 is 0.812 bits per heavy atom. The van der Waals surface area contributed by atoms with Crippen molar-refractivity contribution >= 4 is 17.8 Å². The van der Waals surface area contributed by atoms with E-state index < -0.39 is 0 Å². The number of nitrogens with zero attached hydrogens (tertiary/aromatic N) is 3. The van der Waals surface area contributed by atoms with E-state index >= 15 is 0 Å². The Labute approximate surface area is 183 Å². The normalized spacial score (nSPS) is 10.7. The van der Waals surface area contributed by atoms with E-state index in [9.17, 15) is 13.6 Å². The summed E-state index contributed by atoms with van der Waals surface area (Å²) < 4.78 is 27.5. The molecule has 162 valence electrons. The van der Waals surface area contributed by atoms with E-state index in [2.05, 4.69) is 20.7 Å². The molecule has 0 fully saturated rings. The fourth-order valence-corrected chi connectivity index (χ4v) is 3.03. The van der Waals surface area contributed by atoms with Crippen LogP contribution in [0.4, 0.5) is 20.7 Å². The van der Waals surface area contributed by atoms with Crippen molar-refractivity contribution in [1.82, 2.24) is 14.8 Å². The fraction of sp³-hybridized carbons (Fsp3) is 0.125. The summed E-state index contributed by atoms with van der Waals surface area (Å²) in [5.74, 6) is -0.474. The van der Waals surface area contributed by atoms with Crippen LogP contribution in [0, 0.1) is 18.6 Å². The van der Waals surface area contributed by atoms with Crippen LogP contribution >= 0.6 is 0 Å². The molecular formula is C24H21F2N5O. The first-order valence-corrected chi connectivity index (χ1v) is 10.0. The molecule has 0 aliphatic rings. The number of aryl methyl sites for hydroxylation is 1. The van der Waals surface area contributed by atoms with Crippen molar-refractivity contribution in [3.63, 3.8) is 0 Å². The Hall–Kier alpha value is -4.07. The maximum absolute atomic E-state index is 13.2. The number of rotatable bonds is 7.